The molecule has 0 saturated heterocycles. The number of hydrogen-bond donors (Lipinski definition) is 1. The first-order valence-corrected chi connectivity index (χ1v) is 4.62. The van der Waals surface area contributed by atoms with Gasteiger partial charge in [0.1, 0.15) is 0 Å². The van der Waals surface area contributed by atoms with Crippen molar-refractivity contribution in [1.82, 2.24) is 9.78 Å². The standard InChI is InChI=1S/C9H15N3/c10-8-4-1-2-5-9(8)12-7-3-6-11-12/h3,6-9H,1-2,4-5,10H2/t8-,9-/m0/s1. The maximum absolute atomic E-state index is 6.01. The summed E-state index contributed by atoms with van der Waals surface area (Å²) < 4.78 is 2.00. The van der Waals surface area contributed by atoms with E-state index in [0.29, 0.717) is 12.1 Å². The van der Waals surface area contributed by atoms with Gasteiger partial charge in [0.05, 0.1) is 6.04 Å². The van der Waals surface area contributed by atoms with E-state index in [-0.39, 0.29) is 0 Å². The molecule has 1 heterocycles. The SMILES string of the molecule is N[C@H]1CCCC[C@@H]1n1cccn1. The molecule has 2 N–H and O–H groups in total. The number of nitrogens with zero attached hydrogens (tertiary/aromatic N) is 2. The fourth-order valence-corrected chi connectivity index (χ4v) is 1.95. The number of aromatic nitrogens is 2. The Kier molecular flexibility index (Phi) is 2.13. The molecule has 0 amide bonds. The Morgan fingerprint density at radius 2 is 2.17 bits per heavy atom. The Balaban J connectivity index is 2.11. The highest BCUT2D eigenvalue weighted by molar-refractivity contribution is 4.87. The summed E-state index contributed by atoms with van der Waals surface area (Å²) >= 11 is 0. The van der Waals surface area contributed by atoms with Crippen LogP contribution < -0.4 is 5.73 Å². The molecule has 1 aromatic rings. The van der Waals surface area contributed by atoms with Crippen molar-refractivity contribution in [2.24, 2.45) is 5.73 Å². The summed E-state index contributed by atoms with van der Waals surface area (Å²) in [6.07, 6.45) is 8.72. The van der Waals surface area contributed by atoms with Gasteiger partial charge in [-0.05, 0) is 18.9 Å². The predicted molar refractivity (Wildman–Crippen MR) is 47.7 cm³/mol. The van der Waals surface area contributed by atoms with Crippen LogP contribution in [0.1, 0.15) is 31.7 Å². The second-order valence-corrected chi connectivity index (χ2v) is 3.50. The summed E-state index contributed by atoms with van der Waals surface area (Å²) in [5, 5.41) is 4.23. The first-order valence-electron chi connectivity index (χ1n) is 4.62. The largest absolute Gasteiger partial charge is 0.326 e. The molecule has 1 aliphatic carbocycles. The molecule has 1 fully saturated rings. The third kappa shape index (κ3) is 1.37. The van der Waals surface area contributed by atoms with E-state index in [1.54, 1.807) is 0 Å². The number of hydrogen-bond acceptors (Lipinski definition) is 2. The Morgan fingerprint density at radius 1 is 1.33 bits per heavy atom. The van der Waals surface area contributed by atoms with Crippen LogP contribution in [0.25, 0.3) is 0 Å². The average molecular weight is 165 g/mol. The van der Waals surface area contributed by atoms with E-state index in [1.165, 1.54) is 19.3 Å². The van der Waals surface area contributed by atoms with Gasteiger partial charge in [0.2, 0.25) is 0 Å². The zero-order valence-corrected chi connectivity index (χ0v) is 7.19. The lowest BCUT2D eigenvalue weighted by Gasteiger charge is -2.28. The summed E-state index contributed by atoms with van der Waals surface area (Å²) in [7, 11) is 0. The van der Waals surface area contributed by atoms with Crippen molar-refractivity contribution >= 4 is 0 Å². The molecule has 0 radical (unpaired) electrons. The maximum Gasteiger partial charge on any atom is 0.0670 e. The van der Waals surface area contributed by atoms with Gasteiger partial charge in [-0.3, -0.25) is 4.68 Å². The van der Waals surface area contributed by atoms with Crippen LogP contribution in [0.4, 0.5) is 0 Å². The monoisotopic (exact) mass is 165 g/mol. The van der Waals surface area contributed by atoms with Crippen LogP contribution in [0.2, 0.25) is 0 Å². The molecule has 3 heteroatoms. The summed E-state index contributed by atoms with van der Waals surface area (Å²) in [5.74, 6) is 0. The smallest absolute Gasteiger partial charge is 0.0670 e. The van der Waals surface area contributed by atoms with Gasteiger partial charge >= 0.3 is 0 Å². The molecular weight excluding hydrogens is 150 g/mol. The molecule has 0 bridgehead atoms. The van der Waals surface area contributed by atoms with Gasteiger partial charge in [-0.2, -0.15) is 5.10 Å². The Labute approximate surface area is 72.6 Å². The molecule has 0 spiro atoms. The summed E-state index contributed by atoms with van der Waals surface area (Å²) in [6.45, 7) is 0. The molecule has 12 heavy (non-hydrogen) atoms. The first kappa shape index (κ1) is 7.80. The van der Waals surface area contributed by atoms with Crippen LogP contribution >= 0.6 is 0 Å². The Morgan fingerprint density at radius 3 is 2.83 bits per heavy atom. The molecule has 0 aromatic carbocycles. The topological polar surface area (TPSA) is 43.8 Å². The molecule has 3 nitrogen and oxygen atoms in total. The van der Waals surface area contributed by atoms with E-state index in [9.17, 15) is 0 Å². The van der Waals surface area contributed by atoms with Crippen LogP contribution in [0.5, 0.6) is 0 Å². The number of rotatable bonds is 1. The van der Waals surface area contributed by atoms with E-state index in [1.807, 2.05) is 23.1 Å². The molecule has 0 aliphatic heterocycles. The first-order chi connectivity index (χ1) is 5.88. The lowest BCUT2D eigenvalue weighted by molar-refractivity contribution is 0.286. The van der Waals surface area contributed by atoms with Crippen molar-refractivity contribution in [3.8, 4) is 0 Å². The summed E-state index contributed by atoms with van der Waals surface area (Å²) in [6, 6.07) is 2.70. The van der Waals surface area contributed by atoms with Gasteiger partial charge in [0, 0.05) is 18.4 Å². The fourth-order valence-electron chi connectivity index (χ4n) is 1.95. The van der Waals surface area contributed by atoms with Crippen molar-refractivity contribution in [3.05, 3.63) is 18.5 Å². The van der Waals surface area contributed by atoms with Crippen molar-refractivity contribution in [2.75, 3.05) is 0 Å². The number of nitrogens with two attached hydrogens (primary N) is 1. The van der Waals surface area contributed by atoms with Gasteiger partial charge in [0.25, 0.3) is 0 Å². The lowest BCUT2D eigenvalue weighted by Crippen LogP contribution is -2.35. The maximum atomic E-state index is 6.01. The minimum absolute atomic E-state index is 0.304. The van der Waals surface area contributed by atoms with Crippen LogP contribution in [-0.4, -0.2) is 15.8 Å². The second-order valence-electron chi connectivity index (χ2n) is 3.50. The van der Waals surface area contributed by atoms with E-state index < -0.39 is 0 Å². The molecule has 1 aromatic heterocycles. The van der Waals surface area contributed by atoms with Crippen molar-refractivity contribution in [1.29, 1.82) is 0 Å². The minimum Gasteiger partial charge on any atom is -0.326 e. The van der Waals surface area contributed by atoms with Gasteiger partial charge in [-0.1, -0.05) is 12.8 Å². The van der Waals surface area contributed by atoms with Gasteiger partial charge in [-0.25, -0.2) is 0 Å². The second kappa shape index (κ2) is 3.27. The fraction of sp³-hybridized carbons (Fsp3) is 0.667. The molecular formula is C9H15N3. The van der Waals surface area contributed by atoms with Crippen LogP contribution in [-0.2, 0) is 0 Å². The summed E-state index contributed by atoms with van der Waals surface area (Å²) in [5.41, 5.74) is 6.01. The van der Waals surface area contributed by atoms with Crippen molar-refractivity contribution < 1.29 is 0 Å². The minimum atomic E-state index is 0.304. The highest BCUT2D eigenvalue weighted by Crippen LogP contribution is 2.26. The Hall–Kier alpha value is -0.830. The molecule has 1 aliphatic rings. The van der Waals surface area contributed by atoms with Crippen LogP contribution in [0.15, 0.2) is 18.5 Å². The molecule has 2 atom stereocenters. The highest BCUT2D eigenvalue weighted by atomic mass is 15.3. The van der Waals surface area contributed by atoms with Gasteiger partial charge < -0.3 is 5.73 Å². The van der Waals surface area contributed by atoms with Gasteiger partial charge in [0.15, 0.2) is 0 Å². The van der Waals surface area contributed by atoms with E-state index >= 15 is 0 Å². The molecule has 66 valence electrons. The van der Waals surface area contributed by atoms with E-state index in [4.69, 9.17) is 5.73 Å². The predicted octanol–water partition coefficient (Wildman–Crippen LogP) is 1.33. The van der Waals surface area contributed by atoms with Crippen molar-refractivity contribution in [2.45, 2.75) is 37.8 Å². The van der Waals surface area contributed by atoms with Crippen molar-refractivity contribution in [3.63, 3.8) is 0 Å². The lowest BCUT2D eigenvalue weighted by atomic mass is 9.91. The van der Waals surface area contributed by atoms with Crippen LogP contribution in [0.3, 0.4) is 0 Å². The zero-order valence-electron chi connectivity index (χ0n) is 7.19. The quantitative estimate of drug-likeness (QED) is 0.682. The van der Waals surface area contributed by atoms with E-state index in [0.717, 1.165) is 6.42 Å². The highest BCUT2D eigenvalue weighted by Gasteiger charge is 2.22. The third-order valence-corrected chi connectivity index (χ3v) is 2.65. The van der Waals surface area contributed by atoms with Crippen LogP contribution in [0, 0.1) is 0 Å². The van der Waals surface area contributed by atoms with E-state index in [2.05, 4.69) is 5.10 Å². The Bertz CT molecular complexity index is 230. The summed E-state index contributed by atoms with van der Waals surface area (Å²) in [4.78, 5) is 0. The molecule has 1 saturated carbocycles. The van der Waals surface area contributed by atoms with Gasteiger partial charge in [-0.15, -0.1) is 0 Å². The third-order valence-electron chi connectivity index (χ3n) is 2.65. The molecule has 0 unspecified atom stereocenters. The normalized spacial score (nSPS) is 30.4. The average Bonchev–Trinajstić information content (AvgIpc) is 2.57. The molecule has 2 rings (SSSR count). The zero-order chi connectivity index (χ0) is 8.39.